The molecule has 0 aliphatic carbocycles. The maximum Gasteiger partial charge on any atom is 0.0524 e. The molecule has 0 spiro atoms. The molecular formula is C12H9BrClP. The smallest absolute Gasteiger partial charge is 0.0524 e. The SMILES string of the molecule is ClP(c1ccccc1)c1ccc(Br)cc1. The molecule has 76 valence electrons. The van der Waals surface area contributed by atoms with Gasteiger partial charge >= 0.3 is 0 Å². The van der Waals surface area contributed by atoms with E-state index in [0.717, 1.165) is 4.47 Å². The highest BCUT2D eigenvalue weighted by molar-refractivity contribution is 9.10. The molecule has 1 atom stereocenters. The van der Waals surface area contributed by atoms with Gasteiger partial charge in [-0.05, 0) is 22.7 Å². The summed E-state index contributed by atoms with van der Waals surface area (Å²) in [5.41, 5.74) is 0. The third kappa shape index (κ3) is 2.81. The van der Waals surface area contributed by atoms with Gasteiger partial charge in [-0.3, -0.25) is 0 Å². The van der Waals surface area contributed by atoms with E-state index in [9.17, 15) is 0 Å². The van der Waals surface area contributed by atoms with Gasteiger partial charge in [0.25, 0.3) is 0 Å². The molecule has 0 nitrogen and oxygen atoms in total. The standard InChI is InChI=1S/C12H9BrClP/c13-10-6-8-12(9-7-10)15(14)11-4-2-1-3-5-11/h1-9H. The van der Waals surface area contributed by atoms with Crippen molar-refractivity contribution in [1.82, 2.24) is 0 Å². The van der Waals surface area contributed by atoms with E-state index in [0.29, 0.717) is 0 Å². The average Bonchev–Trinajstić information content (AvgIpc) is 2.30. The number of halogens is 2. The molecule has 0 radical (unpaired) electrons. The Morgan fingerprint density at radius 3 is 1.93 bits per heavy atom. The Hall–Kier alpha value is -0.360. The summed E-state index contributed by atoms with van der Waals surface area (Å²) in [6.07, 6.45) is 0. The summed E-state index contributed by atoms with van der Waals surface area (Å²) < 4.78 is 1.08. The lowest BCUT2D eigenvalue weighted by Gasteiger charge is -2.09. The molecule has 0 saturated heterocycles. The Morgan fingerprint density at radius 1 is 0.800 bits per heavy atom. The van der Waals surface area contributed by atoms with Gasteiger partial charge in [0.15, 0.2) is 0 Å². The van der Waals surface area contributed by atoms with Crippen LogP contribution in [0.15, 0.2) is 59.1 Å². The topological polar surface area (TPSA) is 0 Å². The van der Waals surface area contributed by atoms with Crippen LogP contribution in [-0.4, -0.2) is 0 Å². The van der Waals surface area contributed by atoms with Crippen molar-refractivity contribution >= 4 is 45.1 Å². The summed E-state index contributed by atoms with van der Waals surface area (Å²) in [6.45, 7) is 0. The molecule has 0 aromatic heterocycles. The van der Waals surface area contributed by atoms with E-state index in [4.69, 9.17) is 11.2 Å². The van der Waals surface area contributed by atoms with Crippen LogP contribution in [0.5, 0.6) is 0 Å². The van der Waals surface area contributed by atoms with Gasteiger partial charge in [0, 0.05) is 4.47 Å². The van der Waals surface area contributed by atoms with Crippen molar-refractivity contribution in [3.63, 3.8) is 0 Å². The predicted molar refractivity (Wildman–Crippen MR) is 72.6 cm³/mol. The molecule has 3 heteroatoms. The normalized spacial score (nSPS) is 12.4. The first-order chi connectivity index (χ1) is 7.27. The molecule has 0 aliphatic rings. The van der Waals surface area contributed by atoms with Crippen molar-refractivity contribution in [2.45, 2.75) is 0 Å². The second-order valence-electron chi connectivity index (χ2n) is 3.09. The van der Waals surface area contributed by atoms with Crippen LogP contribution in [0.4, 0.5) is 0 Å². The summed E-state index contributed by atoms with van der Waals surface area (Å²) in [6, 6.07) is 18.4. The molecule has 2 aromatic carbocycles. The van der Waals surface area contributed by atoms with E-state index in [1.54, 1.807) is 0 Å². The Balaban J connectivity index is 2.29. The molecule has 0 saturated carbocycles. The van der Waals surface area contributed by atoms with E-state index in [1.165, 1.54) is 10.6 Å². The molecule has 1 unspecified atom stereocenters. The van der Waals surface area contributed by atoms with Crippen LogP contribution in [-0.2, 0) is 0 Å². The largest absolute Gasteiger partial charge is 0.0859 e. The fraction of sp³-hybridized carbons (Fsp3) is 0. The zero-order chi connectivity index (χ0) is 10.7. The third-order valence-corrected chi connectivity index (χ3v) is 5.24. The highest BCUT2D eigenvalue weighted by Gasteiger charge is 2.09. The lowest BCUT2D eigenvalue weighted by molar-refractivity contribution is 1.70. The zero-order valence-corrected chi connectivity index (χ0v) is 11.1. The molecule has 0 fully saturated rings. The van der Waals surface area contributed by atoms with Crippen LogP contribution in [0.2, 0.25) is 0 Å². The maximum atomic E-state index is 6.43. The fourth-order valence-electron chi connectivity index (χ4n) is 1.28. The van der Waals surface area contributed by atoms with Crippen molar-refractivity contribution in [3.05, 3.63) is 59.1 Å². The van der Waals surface area contributed by atoms with Gasteiger partial charge in [0.05, 0.1) is 7.27 Å². The van der Waals surface area contributed by atoms with Crippen LogP contribution < -0.4 is 10.6 Å². The lowest BCUT2D eigenvalue weighted by Crippen LogP contribution is -2.06. The molecule has 0 aliphatic heterocycles. The molecular weight excluding hydrogens is 290 g/mol. The van der Waals surface area contributed by atoms with Gasteiger partial charge in [-0.25, -0.2) is 0 Å². The van der Waals surface area contributed by atoms with Gasteiger partial charge in [0.1, 0.15) is 0 Å². The van der Waals surface area contributed by atoms with Gasteiger partial charge < -0.3 is 0 Å². The molecule has 0 amide bonds. The Labute approximate surface area is 104 Å². The summed E-state index contributed by atoms with van der Waals surface area (Å²) >= 11 is 9.85. The minimum atomic E-state index is -0.732. The summed E-state index contributed by atoms with van der Waals surface area (Å²) in [5.74, 6) is 0. The highest BCUT2D eigenvalue weighted by Crippen LogP contribution is 2.38. The van der Waals surface area contributed by atoms with Gasteiger partial charge in [-0.2, -0.15) is 0 Å². The first-order valence-electron chi connectivity index (χ1n) is 4.54. The summed E-state index contributed by atoms with van der Waals surface area (Å²) in [4.78, 5) is 0. The third-order valence-electron chi connectivity index (χ3n) is 2.04. The minimum absolute atomic E-state index is 0.732. The van der Waals surface area contributed by atoms with E-state index in [1.807, 2.05) is 30.3 Å². The Morgan fingerprint density at radius 2 is 1.33 bits per heavy atom. The first kappa shape index (κ1) is 11.1. The van der Waals surface area contributed by atoms with E-state index in [-0.39, 0.29) is 0 Å². The second kappa shape index (κ2) is 5.12. The van der Waals surface area contributed by atoms with Crippen LogP contribution in [0.3, 0.4) is 0 Å². The first-order valence-corrected chi connectivity index (χ1v) is 7.58. The quantitative estimate of drug-likeness (QED) is 0.734. The molecule has 2 rings (SSSR count). The van der Waals surface area contributed by atoms with Crippen molar-refractivity contribution in [2.75, 3.05) is 0 Å². The summed E-state index contributed by atoms with van der Waals surface area (Å²) in [5, 5.41) is 2.37. The van der Waals surface area contributed by atoms with Gasteiger partial charge in [-0.15, -0.1) is 0 Å². The minimum Gasteiger partial charge on any atom is -0.0859 e. The fourth-order valence-corrected chi connectivity index (χ4v) is 3.36. The van der Waals surface area contributed by atoms with Gasteiger partial charge in [-0.1, -0.05) is 69.6 Å². The van der Waals surface area contributed by atoms with Crippen molar-refractivity contribution in [2.24, 2.45) is 0 Å². The van der Waals surface area contributed by atoms with Crippen LogP contribution in [0.25, 0.3) is 0 Å². The average molecular weight is 300 g/mol. The molecule has 0 bridgehead atoms. The van der Waals surface area contributed by atoms with E-state index >= 15 is 0 Å². The second-order valence-corrected chi connectivity index (χ2v) is 6.62. The summed E-state index contributed by atoms with van der Waals surface area (Å²) in [7, 11) is -0.732. The number of hydrogen-bond donors (Lipinski definition) is 0. The van der Waals surface area contributed by atoms with Gasteiger partial charge in [0.2, 0.25) is 0 Å². The van der Waals surface area contributed by atoms with Crippen molar-refractivity contribution in [1.29, 1.82) is 0 Å². The Kier molecular flexibility index (Phi) is 3.80. The Bertz CT molecular complexity index is 427. The molecule has 2 aromatic rings. The monoisotopic (exact) mass is 298 g/mol. The molecule has 0 N–H and O–H groups in total. The van der Waals surface area contributed by atoms with E-state index < -0.39 is 7.27 Å². The van der Waals surface area contributed by atoms with Crippen molar-refractivity contribution < 1.29 is 0 Å². The van der Waals surface area contributed by atoms with Crippen LogP contribution in [0, 0.1) is 0 Å². The van der Waals surface area contributed by atoms with E-state index in [2.05, 4.69) is 40.2 Å². The molecule has 0 heterocycles. The van der Waals surface area contributed by atoms with Crippen LogP contribution >= 0.6 is 34.4 Å². The highest BCUT2D eigenvalue weighted by atomic mass is 79.9. The number of rotatable bonds is 2. The van der Waals surface area contributed by atoms with Crippen LogP contribution in [0.1, 0.15) is 0 Å². The number of hydrogen-bond acceptors (Lipinski definition) is 0. The maximum absolute atomic E-state index is 6.43. The lowest BCUT2D eigenvalue weighted by atomic mass is 10.4. The number of benzene rings is 2. The zero-order valence-electron chi connectivity index (χ0n) is 7.90. The molecule has 15 heavy (non-hydrogen) atoms. The van der Waals surface area contributed by atoms with Crippen molar-refractivity contribution in [3.8, 4) is 0 Å². The predicted octanol–water partition coefficient (Wildman–Crippen LogP) is 4.04.